The van der Waals surface area contributed by atoms with Crippen LogP contribution in [0.5, 0.6) is 0 Å². The highest BCUT2D eigenvalue weighted by Crippen LogP contribution is 2.23. The van der Waals surface area contributed by atoms with E-state index in [9.17, 15) is 9.59 Å². The minimum absolute atomic E-state index is 0.00826. The van der Waals surface area contributed by atoms with E-state index >= 15 is 0 Å². The molecule has 0 saturated carbocycles. The molecule has 0 aliphatic rings. The second-order valence-electron chi connectivity index (χ2n) is 5.06. The molecule has 0 unspecified atom stereocenters. The standard InChI is InChI=1S/C17H14Cl3NO3/c1-10(17(23)21-13-4-2-3-12(18)9-13)24-16(22)8-11-5-6-14(19)15(20)7-11/h2-7,9-10H,8H2,1H3,(H,21,23)/t10-/m0/s1. The van der Waals surface area contributed by atoms with E-state index in [2.05, 4.69) is 5.32 Å². The first-order valence-electron chi connectivity index (χ1n) is 7.05. The number of anilines is 1. The third-order valence-electron chi connectivity index (χ3n) is 3.10. The van der Waals surface area contributed by atoms with E-state index in [0.29, 0.717) is 26.3 Å². The van der Waals surface area contributed by atoms with Crippen LogP contribution in [0.25, 0.3) is 0 Å². The first-order valence-corrected chi connectivity index (χ1v) is 8.18. The normalized spacial score (nSPS) is 11.7. The Morgan fingerprint density at radius 3 is 2.50 bits per heavy atom. The summed E-state index contributed by atoms with van der Waals surface area (Å²) in [7, 11) is 0. The molecule has 0 aliphatic carbocycles. The molecule has 0 saturated heterocycles. The lowest BCUT2D eigenvalue weighted by atomic mass is 10.1. The van der Waals surface area contributed by atoms with Crippen LogP contribution < -0.4 is 5.32 Å². The largest absolute Gasteiger partial charge is 0.452 e. The first kappa shape index (κ1) is 18.6. The topological polar surface area (TPSA) is 55.4 Å². The van der Waals surface area contributed by atoms with E-state index in [1.165, 1.54) is 6.92 Å². The Hall–Kier alpha value is -1.75. The van der Waals surface area contributed by atoms with Crippen LogP contribution in [0.4, 0.5) is 5.69 Å². The molecule has 4 nitrogen and oxygen atoms in total. The van der Waals surface area contributed by atoms with Gasteiger partial charge in [-0.1, -0.05) is 46.9 Å². The van der Waals surface area contributed by atoms with E-state index in [4.69, 9.17) is 39.5 Å². The monoisotopic (exact) mass is 385 g/mol. The summed E-state index contributed by atoms with van der Waals surface area (Å²) in [5.74, 6) is -0.984. The molecule has 0 aliphatic heterocycles. The molecule has 0 heterocycles. The molecule has 2 aromatic rings. The van der Waals surface area contributed by atoms with Crippen molar-refractivity contribution in [3.63, 3.8) is 0 Å². The van der Waals surface area contributed by atoms with Crippen LogP contribution in [0.15, 0.2) is 42.5 Å². The summed E-state index contributed by atoms with van der Waals surface area (Å²) in [4.78, 5) is 24.0. The fourth-order valence-corrected chi connectivity index (χ4v) is 2.43. The van der Waals surface area contributed by atoms with Crippen molar-refractivity contribution in [2.24, 2.45) is 0 Å². The van der Waals surface area contributed by atoms with Crippen LogP contribution >= 0.6 is 34.8 Å². The molecule has 2 aromatic carbocycles. The van der Waals surface area contributed by atoms with Crippen LogP contribution in [-0.4, -0.2) is 18.0 Å². The van der Waals surface area contributed by atoms with Crippen molar-refractivity contribution >= 4 is 52.4 Å². The smallest absolute Gasteiger partial charge is 0.311 e. The van der Waals surface area contributed by atoms with Crippen molar-refractivity contribution in [3.8, 4) is 0 Å². The number of ether oxygens (including phenoxy) is 1. The van der Waals surface area contributed by atoms with Crippen LogP contribution in [0.2, 0.25) is 15.1 Å². The van der Waals surface area contributed by atoms with Gasteiger partial charge in [-0.3, -0.25) is 9.59 Å². The number of hydrogen-bond donors (Lipinski definition) is 1. The summed E-state index contributed by atoms with van der Waals surface area (Å²) in [6.07, 6.45) is -0.953. The number of esters is 1. The van der Waals surface area contributed by atoms with Crippen molar-refractivity contribution in [1.82, 2.24) is 0 Å². The van der Waals surface area contributed by atoms with Crippen LogP contribution in [0, 0.1) is 0 Å². The van der Waals surface area contributed by atoms with Gasteiger partial charge in [0.25, 0.3) is 5.91 Å². The second-order valence-corrected chi connectivity index (χ2v) is 6.31. The van der Waals surface area contributed by atoms with Gasteiger partial charge in [0.1, 0.15) is 0 Å². The summed E-state index contributed by atoms with van der Waals surface area (Å²) < 4.78 is 5.13. The van der Waals surface area contributed by atoms with Gasteiger partial charge in [-0.15, -0.1) is 0 Å². The maximum atomic E-state index is 12.0. The molecule has 0 bridgehead atoms. The molecule has 1 N–H and O–H groups in total. The minimum atomic E-state index is -0.945. The lowest BCUT2D eigenvalue weighted by Gasteiger charge is -2.14. The molecular formula is C17H14Cl3NO3. The van der Waals surface area contributed by atoms with Gasteiger partial charge in [0, 0.05) is 10.7 Å². The number of carbonyl (C=O) groups is 2. The van der Waals surface area contributed by atoms with Gasteiger partial charge in [0.15, 0.2) is 6.10 Å². The van der Waals surface area contributed by atoms with Crippen LogP contribution in [-0.2, 0) is 20.7 Å². The minimum Gasteiger partial charge on any atom is -0.452 e. The fourth-order valence-electron chi connectivity index (χ4n) is 1.92. The Bertz CT molecular complexity index is 764. The van der Waals surface area contributed by atoms with E-state index in [1.807, 2.05) is 0 Å². The van der Waals surface area contributed by atoms with Crippen molar-refractivity contribution in [2.45, 2.75) is 19.4 Å². The van der Waals surface area contributed by atoms with E-state index in [1.54, 1.807) is 42.5 Å². The molecule has 0 spiro atoms. The molecule has 126 valence electrons. The number of benzene rings is 2. The molecule has 7 heteroatoms. The summed E-state index contributed by atoms with van der Waals surface area (Å²) in [5.41, 5.74) is 1.18. The number of hydrogen-bond acceptors (Lipinski definition) is 3. The van der Waals surface area contributed by atoms with Gasteiger partial charge in [-0.25, -0.2) is 0 Å². The van der Waals surface area contributed by atoms with Crippen molar-refractivity contribution in [2.75, 3.05) is 5.32 Å². The molecule has 24 heavy (non-hydrogen) atoms. The number of amides is 1. The SMILES string of the molecule is C[C@H](OC(=O)Cc1ccc(Cl)c(Cl)c1)C(=O)Nc1cccc(Cl)c1. The number of nitrogens with one attached hydrogen (secondary N) is 1. The summed E-state index contributed by atoms with van der Waals surface area (Å²) >= 11 is 17.6. The van der Waals surface area contributed by atoms with Gasteiger partial charge in [-0.2, -0.15) is 0 Å². The van der Waals surface area contributed by atoms with Crippen LogP contribution in [0.1, 0.15) is 12.5 Å². The number of carbonyl (C=O) groups excluding carboxylic acids is 2. The molecule has 2 rings (SSSR count). The third kappa shape index (κ3) is 5.41. The highest BCUT2D eigenvalue weighted by Gasteiger charge is 2.18. The van der Waals surface area contributed by atoms with E-state index in [-0.39, 0.29) is 6.42 Å². The zero-order valence-corrected chi connectivity index (χ0v) is 15.0. The predicted molar refractivity (Wildman–Crippen MR) is 95.8 cm³/mol. The zero-order chi connectivity index (χ0) is 17.7. The number of rotatable bonds is 5. The Kier molecular flexibility index (Phi) is 6.49. The van der Waals surface area contributed by atoms with Crippen molar-refractivity contribution in [3.05, 3.63) is 63.1 Å². The Morgan fingerprint density at radius 2 is 1.83 bits per heavy atom. The average Bonchev–Trinajstić information content (AvgIpc) is 2.50. The van der Waals surface area contributed by atoms with Gasteiger partial charge in [-0.05, 0) is 42.8 Å². The summed E-state index contributed by atoms with van der Waals surface area (Å²) in [5, 5.41) is 3.89. The lowest BCUT2D eigenvalue weighted by Crippen LogP contribution is -2.30. The summed E-state index contributed by atoms with van der Waals surface area (Å²) in [6, 6.07) is 11.5. The maximum absolute atomic E-state index is 12.0. The predicted octanol–water partition coefficient (Wildman–Crippen LogP) is 4.76. The maximum Gasteiger partial charge on any atom is 0.311 e. The highest BCUT2D eigenvalue weighted by atomic mass is 35.5. The third-order valence-corrected chi connectivity index (χ3v) is 4.08. The van der Waals surface area contributed by atoms with Gasteiger partial charge < -0.3 is 10.1 Å². The first-order chi connectivity index (χ1) is 11.3. The second kappa shape index (κ2) is 8.38. The van der Waals surface area contributed by atoms with E-state index < -0.39 is 18.0 Å². The Labute approximate surface area is 154 Å². The van der Waals surface area contributed by atoms with Gasteiger partial charge in [0.05, 0.1) is 16.5 Å². The van der Waals surface area contributed by atoms with Gasteiger partial charge >= 0.3 is 5.97 Å². The van der Waals surface area contributed by atoms with Gasteiger partial charge in [0.2, 0.25) is 0 Å². The molecular weight excluding hydrogens is 373 g/mol. The molecule has 0 fully saturated rings. The summed E-state index contributed by atoms with van der Waals surface area (Å²) in [6.45, 7) is 1.49. The Balaban J connectivity index is 1.90. The fraction of sp³-hybridized carbons (Fsp3) is 0.176. The molecule has 1 amide bonds. The quantitative estimate of drug-likeness (QED) is 0.754. The number of halogens is 3. The lowest BCUT2D eigenvalue weighted by molar-refractivity contribution is -0.152. The highest BCUT2D eigenvalue weighted by molar-refractivity contribution is 6.42. The molecule has 1 atom stereocenters. The van der Waals surface area contributed by atoms with Crippen molar-refractivity contribution in [1.29, 1.82) is 0 Å². The zero-order valence-electron chi connectivity index (χ0n) is 12.7. The van der Waals surface area contributed by atoms with E-state index in [0.717, 1.165) is 0 Å². The molecule has 0 radical (unpaired) electrons. The van der Waals surface area contributed by atoms with Crippen molar-refractivity contribution < 1.29 is 14.3 Å². The van der Waals surface area contributed by atoms with Crippen LogP contribution in [0.3, 0.4) is 0 Å². The average molecular weight is 387 g/mol. The Morgan fingerprint density at radius 1 is 1.08 bits per heavy atom. The molecule has 0 aromatic heterocycles.